The van der Waals surface area contributed by atoms with Crippen LogP contribution in [-0.2, 0) is 148 Å². The van der Waals surface area contributed by atoms with Crippen LogP contribution in [-0.4, -0.2) is 210 Å². The van der Waals surface area contributed by atoms with Gasteiger partial charge in [-0.05, 0) is 311 Å². The highest BCUT2D eigenvalue weighted by Crippen LogP contribution is 2.39. The third-order valence-corrected chi connectivity index (χ3v) is 30.1. The number of benzene rings is 3. The molecule has 0 radical (unpaired) electrons. The quantitative estimate of drug-likeness (QED) is 0.0326. The third kappa shape index (κ3) is 30.6. The van der Waals surface area contributed by atoms with E-state index in [4.69, 9.17) is 20.0 Å². The maximum atomic E-state index is 13.4. The number of unbranched alkanes of at least 4 members (excludes halogenated alkanes) is 1. The molecule has 0 N–H and O–H groups in total. The first-order chi connectivity index (χ1) is 70.6. The van der Waals surface area contributed by atoms with Crippen LogP contribution in [0.5, 0.6) is 0 Å². The van der Waals surface area contributed by atoms with Gasteiger partial charge < -0.3 is 29.2 Å². The molecular formula is C119H160N20O6. The summed E-state index contributed by atoms with van der Waals surface area (Å²) in [6.45, 7) is 16.1. The maximum Gasteiger partial charge on any atom is 0.274 e. The van der Waals surface area contributed by atoms with E-state index in [2.05, 4.69) is 143 Å². The van der Waals surface area contributed by atoms with Gasteiger partial charge in [-0.25, -0.2) is 0 Å². The van der Waals surface area contributed by atoms with Crippen molar-refractivity contribution in [1.82, 2.24) is 98.2 Å². The lowest BCUT2D eigenvalue weighted by Gasteiger charge is -2.27. The number of fused-ring (bicyclic) bond motifs is 5. The number of morpholine rings is 1. The first-order valence-electron chi connectivity index (χ1n) is 54.1. The number of nitrogens with zero attached hydrogens (tertiary/aromatic N) is 20. The predicted molar refractivity (Wildman–Crippen MR) is 574 cm³/mol. The van der Waals surface area contributed by atoms with E-state index in [1.807, 2.05) is 166 Å². The number of amides is 5. The summed E-state index contributed by atoms with van der Waals surface area (Å²) in [5, 5.41) is 23.5. The summed E-state index contributed by atoms with van der Waals surface area (Å²) in [4.78, 5) is 92.7. The van der Waals surface area contributed by atoms with Crippen LogP contribution in [0.3, 0.4) is 0 Å². The molecule has 1 fully saturated rings. The Balaban J connectivity index is 0.000000144. The maximum absolute atomic E-state index is 13.4. The van der Waals surface area contributed by atoms with Gasteiger partial charge in [-0.1, -0.05) is 137 Å². The zero-order valence-electron chi connectivity index (χ0n) is 88.8. The number of hydrogen-bond acceptors (Lipinski definition) is 16. The minimum atomic E-state index is 0.0165. The highest BCUT2D eigenvalue weighted by Gasteiger charge is 2.37. The molecule has 9 aromatic heterocycles. The van der Waals surface area contributed by atoms with Crippen LogP contribution in [0.1, 0.15) is 290 Å². The predicted octanol–water partition coefficient (Wildman–Crippen LogP) is 19.6. The Bertz CT molecular complexity index is 5720. The van der Waals surface area contributed by atoms with Crippen LogP contribution in [0, 0.1) is 29.6 Å². The molecule has 5 atom stereocenters. The van der Waals surface area contributed by atoms with E-state index in [9.17, 15) is 24.0 Å². The monoisotopic (exact) mass is 1970 g/mol. The molecule has 3 aromatic carbocycles. The lowest BCUT2D eigenvalue weighted by Crippen LogP contribution is -2.36. The number of pyridine rings is 4. The fourth-order valence-electron chi connectivity index (χ4n) is 22.2. The Morgan fingerprint density at radius 3 is 0.903 bits per heavy atom. The topological polar surface area (TPSA) is 255 Å². The van der Waals surface area contributed by atoms with Gasteiger partial charge in [0.15, 0.2) is 28.5 Å². The number of aromatic nitrogens is 14. The molecule has 0 bridgehead atoms. The van der Waals surface area contributed by atoms with Gasteiger partial charge in [0.2, 0.25) is 0 Å². The van der Waals surface area contributed by atoms with Crippen molar-refractivity contribution in [3.05, 3.63) is 313 Å². The Kier molecular flexibility index (Phi) is 41.2. The van der Waals surface area contributed by atoms with Crippen molar-refractivity contribution in [2.75, 3.05) is 82.2 Å². The van der Waals surface area contributed by atoms with Crippen LogP contribution in [0.2, 0.25) is 0 Å². The van der Waals surface area contributed by atoms with Crippen molar-refractivity contribution in [2.24, 2.45) is 43.7 Å². The first-order valence-corrected chi connectivity index (χ1v) is 54.1. The minimum Gasteiger partial charge on any atom is -0.379 e. The zero-order chi connectivity index (χ0) is 102. The summed E-state index contributed by atoms with van der Waals surface area (Å²) in [5.74, 6) is 3.36. The van der Waals surface area contributed by atoms with Crippen molar-refractivity contribution >= 4 is 29.5 Å². The van der Waals surface area contributed by atoms with E-state index >= 15 is 0 Å². The molecule has 5 amide bonds. The van der Waals surface area contributed by atoms with Crippen molar-refractivity contribution < 1.29 is 28.7 Å². The summed E-state index contributed by atoms with van der Waals surface area (Å²) < 4.78 is 15.6. The molecule has 26 nitrogen and oxygen atoms in total. The number of rotatable bonds is 38. The van der Waals surface area contributed by atoms with Gasteiger partial charge in [-0.3, -0.25) is 72.2 Å². The number of ether oxygens (including phenoxy) is 1. The highest BCUT2D eigenvalue weighted by molar-refractivity contribution is 5.96. The molecule has 5 aliphatic carbocycles. The normalized spacial score (nSPS) is 16.6. The molecule has 12 aromatic rings. The molecule has 1 saturated heterocycles. The second-order valence-corrected chi connectivity index (χ2v) is 41.6. The first kappa shape index (κ1) is 108. The van der Waals surface area contributed by atoms with Gasteiger partial charge in [0.1, 0.15) is 0 Å². The fourth-order valence-corrected chi connectivity index (χ4v) is 22.2. The molecular weight excluding hydrogens is 1810 g/mol. The average Bonchev–Trinajstić information content (AvgIpc) is 1.71. The Morgan fingerprint density at radius 1 is 0.310 bits per heavy atom. The second-order valence-electron chi connectivity index (χ2n) is 41.6. The smallest absolute Gasteiger partial charge is 0.274 e. The average molecular weight is 1970 g/mol. The molecule has 18 rings (SSSR count). The van der Waals surface area contributed by atoms with Crippen molar-refractivity contribution in [3.63, 3.8) is 0 Å². The number of carbonyl (C=O) groups excluding carboxylic acids is 5. The Hall–Kier alpha value is -12.4. The number of hydrogen-bond donors (Lipinski definition) is 0. The van der Waals surface area contributed by atoms with Crippen molar-refractivity contribution in [1.29, 1.82) is 0 Å². The molecule has 0 spiro atoms. The Morgan fingerprint density at radius 2 is 0.600 bits per heavy atom. The van der Waals surface area contributed by atoms with Crippen LogP contribution in [0.25, 0.3) is 0 Å². The standard InChI is InChI=1S/C27H40N4O2.2C27H34N4O.2C19H26N4O/c1-3-14-31-25-13-12-22(9-7-8-15-30-16-18-33-19-17-30)20-24(25)26(28-31)27(32)29(2)21-23-10-5-4-6-11-23;1-3-17-31-25-15-14-21(11-7-12-22-13-8-16-28-19-22)18-24(25)26(29-31)27(32)30(2)20-23-9-5-4-6-10-23;1-3-18-31-25-13-12-22(11-7-10-21-14-16-28-17-15-21)19-24(25)26(29-31)27(32)30(2)20-23-8-5-4-6-9-23;1-22(2)19(24)18-16-12-14(9-10-17(16)23(3)21-18)6-4-7-15-8-5-11-20-13-15;1-22(2)19(24)18-16-13-15(7-8-17(16)23(3)21-18)6-4-5-14-9-11-20-12-10-14/h4-6,10-11,22H,3,7-9,12-21H2,1-2H3;4-6,8-10,13,16,19,21H,3,7,11-12,14-15,17-18,20H2,1-2H3;4-6,8-9,14-17,22H,3,7,10-13,18-20H2,1-2H3;5,8,11,13-14H,4,6-7,9-10,12H2,1-3H3;9-12,15H,4-8,13H2,1-3H3. The zero-order valence-corrected chi connectivity index (χ0v) is 88.8. The summed E-state index contributed by atoms with van der Waals surface area (Å²) in [6.07, 6.45) is 51.6. The van der Waals surface area contributed by atoms with E-state index in [0.717, 1.165) is 178 Å². The summed E-state index contributed by atoms with van der Waals surface area (Å²) in [5.41, 5.74) is 24.4. The van der Waals surface area contributed by atoms with Crippen LogP contribution >= 0.6 is 0 Å². The Labute approximate surface area is 862 Å². The molecule has 5 unspecified atom stereocenters. The number of carbonyl (C=O) groups is 5. The van der Waals surface area contributed by atoms with Crippen molar-refractivity contribution in [3.8, 4) is 0 Å². The SMILES string of the molecule is CCCn1nc(C(=O)N(C)Cc2ccccc2)c2c1CCC(CCCCN1CCOCC1)C2.CCCn1nc(C(=O)N(C)Cc2ccccc2)c2c1CCC(CCCc1cccnc1)C2.CCCn1nc(C(=O)N(C)Cc2ccccc2)c2c1CCC(CCCc1ccncc1)C2.CN(C)C(=O)c1nn(C)c2c1CC(CCCc1cccnc1)CC2.CN(C)C(=O)c1nn(C)c2c1CC(CCCc1ccncc1)CC2. The van der Waals surface area contributed by atoms with Crippen molar-refractivity contribution in [2.45, 2.75) is 272 Å². The van der Waals surface area contributed by atoms with E-state index in [1.165, 1.54) is 181 Å². The fraction of sp³-hybridized carbons (Fsp3) is 0.513. The largest absolute Gasteiger partial charge is 0.379 e. The molecule has 0 saturated carbocycles. The molecule has 145 heavy (non-hydrogen) atoms. The van der Waals surface area contributed by atoms with Gasteiger partial charge in [-0.15, -0.1) is 0 Å². The highest BCUT2D eigenvalue weighted by atomic mass is 16.5. The van der Waals surface area contributed by atoms with Crippen LogP contribution in [0.4, 0.5) is 0 Å². The summed E-state index contributed by atoms with van der Waals surface area (Å²) in [6, 6.07) is 47.2. The molecule has 10 heterocycles. The van der Waals surface area contributed by atoms with Crippen LogP contribution < -0.4 is 0 Å². The van der Waals surface area contributed by atoms with E-state index in [0.29, 0.717) is 77.7 Å². The van der Waals surface area contributed by atoms with Gasteiger partial charge in [0, 0.05) is 222 Å². The van der Waals surface area contributed by atoms with E-state index < -0.39 is 0 Å². The number of aryl methyl sites for hydroxylation is 9. The molecule has 1 aliphatic heterocycles. The molecule has 6 aliphatic rings. The summed E-state index contributed by atoms with van der Waals surface area (Å²) in [7, 11) is 16.7. The summed E-state index contributed by atoms with van der Waals surface area (Å²) >= 11 is 0. The third-order valence-electron chi connectivity index (χ3n) is 30.1. The minimum absolute atomic E-state index is 0.0165. The van der Waals surface area contributed by atoms with E-state index in [1.54, 1.807) is 47.8 Å². The van der Waals surface area contributed by atoms with Gasteiger partial charge in [0.05, 0.1) is 13.2 Å². The van der Waals surface area contributed by atoms with Gasteiger partial charge in [-0.2, -0.15) is 25.5 Å². The second kappa shape index (κ2) is 55.2. The lowest BCUT2D eigenvalue weighted by atomic mass is 9.83. The van der Waals surface area contributed by atoms with Gasteiger partial charge in [0.25, 0.3) is 29.5 Å². The molecule has 772 valence electrons. The molecule has 26 heteroatoms. The lowest BCUT2D eigenvalue weighted by molar-refractivity contribution is 0.0370. The van der Waals surface area contributed by atoms with Crippen LogP contribution in [0.15, 0.2) is 189 Å². The van der Waals surface area contributed by atoms with Gasteiger partial charge >= 0.3 is 0 Å². The van der Waals surface area contributed by atoms with E-state index in [-0.39, 0.29) is 29.5 Å².